The molecule has 2 bridgehead atoms. The maximum absolute atomic E-state index is 12.1. The first kappa shape index (κ1) is 15.1. The van der Waals surface area contributed by atoms with E-state index in [-0.39, 0.29) is 12.0 Å². The predicted octanol–water partition coefficient (Wildman–Crippen LogP) is 3.02. The summed E-state index contributed by atoms with van der Waals surface area (Å²) in [6.07, 6.45) is -2.59. The summed E-state index contributed by atoms with van der Waals surface area (Å²) < 4.78 is 29.4. The Bertz CT molecular complexity index is 477. The number of halogens is 2. The van der Waals surface area contributed by atoms with Crippen molar-refractivity contribution in [2.45, 2.75) is 31.9 Å². The van der Waals surface area contributed by atoms with E-state index in [9.17, 15) is 8.78 Å². The third kappa shape index (κ3) is 3.52. The number of hydrogen-bond acceptors (Lipinski definition) is 3. The van der Waals surface area contributed by atoms with E-state index in [2.05, 4.69) is 18.7 Å². The number of alkyl halides is 2. The zero-order chi connectivity index (χ0) is 14.5. The number of fused-ring (bicyclic) bond motifs is 2. The van der Waals surface area contributed by atoms with Gasteiger partial charge in [0, 0.05) is 0 Å². The van der Waals surface area contributed by atoms with Gasteiger partial charge >= 0.3 is 0 Å². The Labute approximate surface area is 111 Å². The van der Waals surface area contributed by atoms with Crippen molar-refractivity contribution < 1.29 is 13.5 Å². The van der Waals surface area contributed by atoms with E-state index in [1.54, 1.807) is 6.92 Å². The molecule has 1 aromatic carbocycles. The Morgan fingerprint density at radius 3 is 2.68 bits per heavy atom. The van der Waals surface area contributed by atoms with Gasteiger partial charge < -0.3 is 10.5 Å². The van der Waals surface area contributed by atoms with Crippen molar-refractivity contribution in [1.29, 1.82) is 5.26 Å². The van der Waals surface area contributed by atoms with Gasteiger partial charge in [-0.25, -0.2) is 8.78 Å². The van der Waals surface area contributed by atoms with Crippen LogP contribution in [-0.4, -0.2) is 12.0 Å². The molecule has 1 aliphatic rings. The topological polar surface area (TPSA) is 59.0 Å². The molecule has 1 aliphatic heterocycles. The first-order chi connectivity index (χ1) is 8.93. The van der Waals surface area contributed by atoms with Crippen LogP contribution in [0.2, 0.25) is 0 Å². The molecule has 1 atom stereocenters. The molecule has 1 aromatic rings. The SMILES string of the molecule is C=C(CC)C(N)(C#N)C(F)F.c1cc2cc(c1)OC2. The van der Waals surface area contributed by atoms with Gasteiger partial charge in [0.2, 0.25) is 0 Å². The second-order valence-electron chi connectivity index (χ2n) is 4.17. The highest BCUT2D eigenvalue weighted by atomic mass is 19.3. The van der Waals surface area contributed by atoms with Crippen LogP contribution in [0.1, 0.15) is 18.9 Å². The highest BCUT2D eigenvalue weighted by Crippen LogP contribution is 2.22. The van der Waals surface area contributed by atoms with Crippen molar-refractivity contribution in [2.24, 2.45) is 5.73 Å². The number of hydrogen-bond donors (Lipinski definition) is 1. The molecular formula is C14H16F2N2O. The fourth-order valence-corrected chi connectivity index (χ4v) is 1.47. The Balaban J connectivity index is 0.000000196. The molecule has 3 nitrogen and oxygen atoms in total. The summed E-state index contributed by atoms with van der Waals surface area (Å²) in [6, 6.07) is 9.46. The van der Waals surface area contributed by atoms with E-state index in [0.29, 0.717) is 0 Å². The fourth-order valence-electron chi connectivity index (χ4n) is 1.47. The molecule has 0 saturated carbocycles. The first-order valence-corrected chi connectivity index (χ1v) is 5.82. The number of benzene rings is 1. The largest absolute Gasteiger partial charge is 0.489 e. The molecule has 0 amide bonds. The summed E-state index contributed by atoms with van der Waals surface area (Å²) in [7, 11) is 0. The van der Waals surface area contributed by atoms with Crippen LogP contribution in [0.3, 0.4) is 0 Å². The molecule has 0 aromatic heterocycles. The van der Waals surface area contributed by atoms with E-state index in [1.165, 1.54) is 11.6 Å². The van der Waals surface area contributed by atoms with E-state index in [1.807, 2.05) is 12.1 Å². The third-order valence-electron chi connectivity index (χ3n) is 2.84. The van der Waals surface area contributed by atoms with Crippen LogP contribution in [0.25, 0.3) is 0 Å². The Hall–Kier alpha value is -1.93. The maximum Gasteiger partial charge on any atom is 0.273 e. The number of nitriles is 1. The van der Waals surface area contributed by atoms with Crippen LogP contribution < -0.4 is 10.5 Å². The second-order valence-corrected chi connectivity index (χ2v) is 4.17. The molecular weight excluding hydrogens is 250 g/mol. The molecule has 0 aliphatic carbocycles. The highest BCUT2D eigenvalue weighted by Gasteiger charge is 2.37. The van der Waals surface area contributed by atoms with E-state index >= 15 is 0 Å². The van der Waals surface area contributed by atoms with Crippen molar-refractivity contribution in [1.82, 2.24) is 0 Å². The van der Waals surface area contributed by atoms with Crippen LogP contribution in [0.5, 0.6) is 5.75 Å². The van der Waals surface area contributed by atoms with Gasteiger partial charge in [0.05, 0.1) is 6.07 Å². The molecule has 102 valence electrons. The minimum atomic E-state index is -2.88. The van der Waals surface area contributed by atoms with E-state index in [4.69, 9.17) is 15.7 Å². The van der Waals surface area contributed by atoms with Gasteiger partial charge in [-0.15, -0.1) is 0 Å². The lowest BCUT2D eigenvalue weighted by Crippen LogP contribution is -2.47. The molecule has 0 saturated heterocycles. The summed E-state index contributed by atoms with van der Waals surface area (Å²) >= 11 is 0. The van der Waals surface area contributed by atoms with E-state index < -0.39 is 12.0 Å². The first-order valence-electron chi connectivity index (χ1n) is 5.82. The number of rotatable bonds is 3. The van der Waals surface area contributed by atoms with Gasteiger partial charge in [0.1, 0.15) is 12.4 Å². The Morgan fingerprint density at radius 1 is 1.63 bits per heavy atom. The normalized spacial score (nSPS) is 14.7. The van der Waals surface area contributed by atoms with Gasteiger partial charge in [-0.05, 0) is 29.7 Å². The van der Waals surface area contributed by atoms with Gasteiger partial charge in [0.15, 0.2) is 5.54 Å². The monoisotopic (exact) mass is 266 g/mol. The van der Waals surface area contributed by atoms with Gasteiger partial charge in [-0.3, -0.25) is 0 Å². The van der Waals surface area contributed by atoms with Crippen molar-refractivity contribution in [3.8, 4) is 11.8 Å². The van der Waals surface area contributed by atoms with Crippen LogP contribution in [0.15, 0.2) is 36.4 Å². The van der Waals surface area contributed by atoms with Gasteiger partial charge in [-0.1, -0.05) is 25.6 Å². The zero-order valence-corrected chi connectivity index (χ0v) is 10.7. The minimum Gasteiger partial charge on any atom is -0.489 e. The average Bonchev–Trinajstić information content (AvgIpc) is 2.76. The fraction of sp³-hybridized carbons (Fsp3) is 0.357. The molecule has 0 radical (unpaired) electrons. The third-order valence-corrected chi connectivity index (χ3v) is 2.84. The second kappa shape index (κ2) is 6.30. The molecule has 0 fully saturated rings. The average molecular weight is 266 g/mol. The minimum absolute atomic E-state index is 0.0648. The quantitative estimate of drug-likeness (QED) is 0.855. The standard InChI is InChI=1S/C7H10F2N2.C7H6O/c1-3-5(2)7(11,4-10)6(8)9;1-2-6-4-7(3-1)8-5-6/h6H,2-3,11H2,1H3;1-4H,5H2. The lowest BCUT2D eigenvalue weighted by molar-refractivity contribution is 0.0989. The summed E-state index contributed by atoms with van der Waals surface area (Å²) in [5, 5.41) is 8.34. The van der Waals surface area contributed by atoms with Crippen LogP contribution in [0, 0.1) is 11.3 Å². The van der Waals surface area contributed by atoms with Crippen molar-refractivity contribution >= 4 is 0 Å². The highest BCUT2D eigenvalue weighted by molar-refractivity contribution is 5.32. The number of nitrogens with zero attached hydrogens (tertiary/aromatic N) is 1. The zero-order valence-electron chi connectivity index (χ0n) is 10.7. The van der Waals surface area contributed by atoms with Crippen LogP contribution in [-0.2, 0) is 6.61 Å². The Morgan fingerprint density at radius 2 is 2.32 bits per heavy atom. The van der Waals surface area contributed by atoms with Crippen LogP contribution in [0.4, 0.5) is 8.78 Å². The summed E-state index contributed by atoms with van der Waals surface area (Å²) in [4.78, 5) is 0. The van der Waals surface area contributed by atoms with Crippen LogP contribution >= 0.6 is 0 Å². The van der Waals surface area contributed by atoms with Crippen molar-refractivity contribution in [3.63, 3.8) is 0 Å². The Kier molecular flexibility index (Phi) is 5.02. The molecule has 2 rings (SSSR count). The summed E-state index contributed by atoms with van der Waals surface area (Å²) in [6.45, 7) is 5.70. The lowest BCUT2D eigenvalue weighted by atomic mass is 9.92. The molecule has 5 heteroatoms. The molecule has 2 N–H and O–H groups in total. The summed E-state index contributed by atoms with van der Waals surface area (Å²) in [5.74, 6) is 1.00. The van der Waals surface area contributed by atoms with Gasteiger partial charge in [-0.2, -0.15) is 5.26 Å². The summed E-state index contributed by atoms with van der Waals surface area (Å²) in [5.41, 5.74) is 4.26. The van der Waals surface area contributed by atoms with Crippen molar-refractivity contribution in [2.75, 3.05) is 0 Å². The number of ether oxygens (including phenoxy) is 1. The lowest BCUT2D eigenvalue weighted by Gasteiger charge is -2.21. The predicted molar refractivity (Wildman–Crippen MR) is 68.7 cm³/mol. The molecule has 0 spiro atoms. The smallest absolute Gasteiger partial charge is 0.273 e. The molecule has 1 heterocycles. The van der Waals surface area contributed by atoms with Gasteiger partial charge in [0.25, 0.3) is 6.43 Å². The molecule has 19 heavy (non-hydrogen) atoms. The molecule has 1 unspecified atom stereocenters. The van der Waals surface area contributed by atoms with E-state index in [0.717, 1.165) is 12.4 Å². The maximum atomic E-state index is 12.1. The number of nitrogens with two attached hydrogens (primary N) is 1. The van der Waals surface area contributed by atoms with Crippen molar-refractivity contribution in [3.05, 3.63) is 42.0 Å².